The Labute approximate surface area is 207 Å². The van der Waals surface area contributed by atoms with E-state index in [0.29, 0.717) is 13.1 Å². The first kappa shape index (κ1) is 23.3. The Morgan fingerprint density at radius 3 is 1.67 bits per heavy atom. The monoisotopic (exact) mass is 481 g/mol. The first-order valence-electron chi connectivity index (χ1n) is 11.5. The van der Waals surface area contributed by atoms with Crippen LogP contribution in [0.4, 0.5) is 11.4 Å². The number of benzene rings is 3. The molecular weight excluding hydrogens is 458 g/mol. The summed E-state index contributed by atoms with van der Waals surface area (Å²) in [5.41, 5.74) is 2.32. The van der Waals surface area contributed by atoms with Crippen molar-refractivity contribution in [2.24, 2.45) is 0 Å². The van der Waals surface area contributed by atoms with E-state index in [4.69, 9.17) is 4.84 Å². The minimum atomic E-state index is -1.04. The number of imide groups is 2. The molecule has 1 fully saturated rings. The lowest BCUT2D eigenvalue weighted by atomic mass is 10.2. The average Bonchev–Trinajstić information content (AvgIpc) is 3.36. The van der Waals surface area contributed by atoms with Crippen LogP contribution in [0.25, 0.3) is 0 Å². The van der Waals surface area contributed by atoms with Gasteiger partial charge in [-0.25, -0.2) is 9.80 Å². The Morgan fingerprint density at radius 1 is 0.667 bits per heavy atom. The molecule has 0 bridgehead atoms. The molecule has 8 heteroatoms. The minimum Gasteiger partial charge on any atom is -0.284 e. The van der Waals surface area contributed by atoms with E-state index in [2.05, 4.69) is 0 Å². The second-order valence-corrected chi connectivity index (χ2v) is 8.47. The van der Waals surface area contributed by atoms with Gasteiger partial charge < -0.3 is 0 Å². The first-order valence-corrected chi connectivity index (χ1v) is 11.5. The molecule has 1 unspecified atom stereocenters. The van der Waals surface area contributed by atoms with Crippen LogP contribution in [-0.2, 0) is 37.1 Å². The molecule has 1 saturated heterocycles. The fourth-order valence-electron chi connectivity index (χ4n) is 4.30. The van der Waals surface area contributed by atoms with Crippen LogP contribution in [0.1, 0.15) is 17.5 Å². The second kappa shape index (κ2) is 10.1. The van der Waals surface area contributed by atoms with E-state index in [1.54, 1.807) is 17.2 Å². The Bertz CT molecular complexity index is 1280. The standard InChI is InChI=1S/C28H23N3O5/c32-25-15-16-26(33)30(25)22-13-7-8-14-23(22)31-27(34)17-24(28(31)35)36-29(18-20-9-3-1-4-10-20)19-21-11-5-2-6-12-21/h1-16,24H,17-19H2. The number of para-hydroxylation sites is 2. The van der Waals surface area contributed by atoms with Crippen LogP contribution < -0.4 is 9.80 Å². The Morgan fingerprint density at radius 2 is 1.14 bits per heavy atom. The molecular formula is C28H23N3O5. The van der Waals surface area contributed by atoms with Crippen molar-refractivity contribution in [1.29, 1.82) is 0 Å². The Hall–Kier alpha value is -4.40. The van der Waals surface area contributed by atoms with Crippen LogP contribution in [0.5, 0.6) is 0 Å². The van der Waals surface area contributed by atoms with Crippen molar-refractivity contribution in [3.8, 4) is 0 Å². The molecule has 0 aliphatic carbocycles. The molecule has 0 N–H and O–H groups in total. The maximum atomic E-state index is 13.4. The lowest BCUT2D eigenvalue weighted by molar-refractivity contribution is -0.207. The van der Waals surface area contributed by atoms with Crippen LogP contribution in [-0.4, -0.2) is 34.8 Å². The van der Waals surface area contributed by atoms with E-state index in [0.717, 1.165) is 33.1 Å². The van der Waals surface area contributed by atoms with Crippen LogP contribution in [0.15, 0.2) is 97.1 Å². The maximum absolute atomic E-state index is 13.4. The molecule has 36 heavy (non-hydrogen) atoms. The van der Waals surface area contributed by atoms with Gasteiger partial charge in [0.2, 0.25) is 5.91 Å². The Kier molecular flexibility index (Phi) is 6.53. The van der Waals surface area contributed by atoms with Gasteiger partial charge in [-0.2, -0.15) is 5.06 Å². The summed E-state index contributed by atoms with van der Waals surface area (Å²) in [5.74, 6) is -2.08. The highest BCUT2D eigenvalue weighted by molar-refractivity contribution is 6.31. The van der Waals surface area contributed by atoms with Gasteiger partial charge in [0.1, 0.15) is 0 Å². The van der Waals surface area contributed by atoms with E-state index in [1.165, 1.54) is 12.1 Å². The van der Waals surface area contributed by atoms with Gasteiger partial charge in [0.15, 0.2) is 6.10 Å². The number of nitrogens with zero attached hydrogens (tertiary/aromatic N) is 3. The molecule has 3 aromatic rings. The highest BCUT2D eigenvalue weighted by Gasteiger charge is 2.43. The molecule has 0 aromatic heterocycles. The van der Waals surface area contributed by atoms with Crippen molar-refractivity contribution in [2.45, 2.75) is 25.6 Å². The molecule has 1 atom stereocenters. The molecule has 8 nitrogen and oxygen atoms in total. The Balaban J connectivity index is 1.39. The third-order valence-corrected chi connectivity index (χ3v) is 5.96. The molecule has 0 spiro atoms. The summed E-state index contributed by atoms with van der Waals surface area (Å²) in [7, 11) is 0. The number of hydrogen-bond donors (Lipinski definition) is 0. The quantitative estimate of drug-likeness (QED) is 0.362. The van der Waals surface area contributed by atoms with Gasteiger partial charge >= 0.3 is 0 Å². The molecule has 3 aromatic carbocycles. The van der Waals surface area contributed by atoms with Crippen molar-refractivity contribution < 1.29 is 24.0 Å². The van der Waals surface area contributed by atoms with Gasteiger partial charge in [-0.1, -0.05) is 72.8 Å². The lowest BCUT2D eigenvalue weighted by Gasteiger charge is -2.26. The average molecular weight is 482 g/mol. The zero-order valence-corrected chi connectivity index (χ0v) is 19.3. The first-order chi connectivity index (χ1) is 17.5. The predicted molar refractivity (Wildman–Crippen MR) is 132 cm³/mol. The number of anilines is 2. The molecule has 2 aliphatic heterocycles. The third-order valence-electron chi connectivity index (χ3n) is 5.96. The summed E-state index contributed by atoms with van der Waals surface area (Å²) in [6.45, 7) is 0.819. The van der Waals surface area contributed by atoms with Gasteiger partial charge in [0, 0.05) is 25.2 Å². The summed E-state index contributed by atoms with van der Waals surface area (Å²) in [4.78, 5) is 59.1. The van der Waals surface area contributed by atoms with E-state index < -0.39 is 29.7 Å². The van der Waals surface area contributed by atoms with Crippen LogP contribution >= 0.6 is 0 Å². The zero-order valence-electron chi connectivity index (χ0n) is 19.3. The number of carbonyl (C=O) groups excluding carboxylic acids is 4. The largest absolute Gasteiger partial charge is 0.284 e. The minimum absolute atomic E-state index is 0.159. The summed E-state index contributed by atoms with van der Waals surface area (Å²) in [5, 5.41) is 1.67. The smallest absolute Gasteiger partial charge is 0.265 e. The maximum Gasteiger partial charge on any atom is 0.265 e. The van der Waals surface area contributed by atoms with E-state index in [9.17, 15) is 19.2 Å². The van der Waals surface area contributed by atoms with Crippen molar-refractivity contribution >= 4 is 35.0 Å². The summed E-state index contributed by atoms with van der Waals surface area (Å²) < 4.78 is 0. The van der Waals surface area contributed by atoms with Gasteiger partial charge in [0.25, 0.3) is 17.7 Å². The molecule has 2 aliphatic rings. The number of rotatable bonds is 8. The number of amides is 4. The van der Waals surface area contributed by atoms with Crippen LogP contribution in [0, 0.1) is 0 Å². The second-order valence-electron chi connectivity index (χ2n) is 8.47. The predicted octanol–water partition coefficient (Wildman–Crippen LogP) is 3.38. The molecule has 4 amide bonds. The molecule has 0 radical (unpaired) electrons. The van der Waals surface area contributed by atoms with E-state index >= 15 is 0 Å². The van der Waals surface area contributed by atoms with E-state index in [-0.39, 0.29) is 17.8 Å². The van der Waals surface area contributed by atoms with Gasteiger partial charge in [-0.05, 0) is 23.3 Å². The molecule has 180 valence electrons. The summed E-state index contributed by atoms with van der Waals surface area (Å²) in [6, 6.07) is 25.7. The topological polar surface area (TPSA) is 87.2 Å². The van der Waals surface area contributed by atoms with Gasteiger partial charge in [-0.15, -0.1) is 0 Å². The fraction of sp³-hybridized carbons (Fsp3) is 0.143. The highest BCUT2D eigenvalue weighted by atomic mass is 16.7. The normalized spacial score (nSPS) is 17.6. The highest BCUT2D eigenvalue weighted by Crippen LogP contribution is 2.35. The summed E-state index contributed by atoms with van der Waals surface area (Å²) >= 11 is 0. The van der Waals surface area contributed by atoms with Crippen LogP contribution in [0.3, 0.4) is 0 Å². The van der Waals surface area contributed by atoms with Crippen molar-refractivity contribution in [3.63, 3.8) is 0 Å². The SMILES string of the molecule is O=C1C=CC(=O)N1c1ccccc1N1C(=O)CC(ON(Cc2ccccc2)Cc2ccccc2)C1=O. The van der Waals surface area contributed by atoms with Gasteiger partial charge in [0.05, 0.1) is 17.8 Å². The number of carbonyl (C=O) groups is 4. The van der Waals surface area contributed by atoms with Crippen molar-refractivity contribution in [3.05, 3.63) is 108 Å². The number of hydrogen-bond acceptors (Lipinski definition) is 6. The van der Waals surface area contributed by atoms with Gasteiger partial charge in [-0.3, -0.25) is 24.0 Å². The van der Waals surface area contributed by atoms with Crippen molar-refractivity contribution in [1.82, 2.24) is 5.06 Å². The lowest BCUT2D eigenvalue weighted by Crippen LogP contribution is -2.38. The van der Waals surface area contributed by atoms with Crippen LogP contribution in [0.2, 0.25) is 0 Å². The fourth-order valence-corrected chi connectivity index (χ4v) is 4.30. The zero-order chi connectivity index (χ0) is 25.1. The van der Waals surface area contributed by atoms with E-state index in [1.807, 2.05) is 60.7 Å². The summed E-state index contributed by atoms with van der Waals surface area (Å²) in [6.07, 6.45) is 1.11. The third kappa shape index (κ3) is 4.72. The molecule has 5 rings (SSSR count). The molecule has 2 heterocycles. The van der Waals surface area contributed by atoms with Crippen molar-refractivity contribution in [2.75, 3.05) is 9.80 Å². The number of hydroxylamine groups is 2. The molecule has 0 saturated carbocycles.